The zero-order valence-electron chi connectivity index (χ0n) is 23.3. The molecule has 2 aliphatic heterocycles. The standard InChI is InChI=1S/C30H41N3O6/c1-4-6-14-32(15-7-5-2)27(34)19-33-18-23(21-16-25(37-3)29-26(17-21)38-20-39-29)28(30(35)36)24(33)12-11-22-10-8-9-13-31-22/h8-10,13,16-17,23-24,28H,4-7,11-12,14-15,18-20H2,1-3H3,(H,35,36)/t23-,24+,28-/m1/s1. The fraction of sp³-hybridized carbons (Fsp3) is 0.567. The molecule has 39 heavy (non-hydrogen) atoms. The number of nitrogens with zero attached hydrogens (tertiary/aromatic N) is 3. The number of aromatic nitrogens is 1. The van der Waals surface area contributed by atoms with Gasteiger partial charge in [0.25, 0.3) is 0 Å². The fourth-order valence-electron chi connectivity index (χ4n) is 5.73. The minimum Gasteiger partial charge on any atom is -0.493 e. The number of unbranched alkanes of at least 4 members (excludes halogenated alkanes) is 2. The summed E-state index contributed by atoms with van der Waals surface area (Å²) >= 11 is 0. The van der Waals surface area contributed by atoms with Crippen molar-refractivity contribution in [3.8, 4) is 17.2 Å². The van der Waals surface area contributed by atoms with Gasteiger partial charge in [-0.25, -0.2) is 0 Å². The predicted octanol–water partition coefficient (Wildman–Crippen LogP) is 4.35. The van der Waals surface area contributed by atoms with Crippen LogP contribution in [0.4, 0.5) is 0 Å². The van der Waals surface area contributed by atoms with E-state index in [-0.39, 0.29) is 31.2 Å². The van der Waals surface area contributed by atoms with Gasteiger partial charge in [0.15, 0.2) is 11.5 Å². The quantitative estimate of drug-likeness (QED) is 0.378. The molecule has 0 spiro atoms. The number of fused-ring (bicyclic) bond motifs is 1. The average Bonchev–Trinajstić information content (AvgIpc) is 3.56. The van der Waals surface area contributed by atoms with Crippen LogP contribution in [-0.2, 0) is 16.0 Å². The topological polar surface area (TPSA) is 101 Å². The third-order valence-electron chi connectivity index (χ3n) is 7.82. The van der Waals surface area contributed by atoms with E-state index in [9.17, 15) is 14.7 Å². The third kappa shape index (κ3) is 6.82. The monoisotopic (exact) mass is 539 g/mol. The number of rotatable bonds is 14. The van der Waals surface area contributed by atoms with E-state index in [0.717, 1.165) is 50.0 Å². The molecule has 1 aromatic carbocycles. The normalized spacial score (nSPS) is 20.2. The number of likely N-dealkylation sites (tertiary alicyclic amines) is 1. The number of carbonyl (C=O) groups is 2. The lowest BCUT2D eigenvalue weighted by atomic mass is 9.83. The van der Waals surface area contributed by atoms with E-state index in [1.165, 1.54) is 0 Å². The van der Waals surface area contributed by atoms with Crippen molar-refractivity contribution < 1.29 is 28.9 Å². The Kier molecular flexibility index (Phi) is 10.0. The van der Waals surface area contributed by atoms with E-state index < -0.39 is 11.9 Å². The van der Waals surface area contributed by atoms with Crippen LogP contribution in [0, 0.1) is 5.92 Å². The number of amides is 1. The molecule has 3 heterocycles. The number of aliphatic carboxylic acids is 1. The largest absolute Gasteiger partial charge is 0.493 e. The molecule has 9 heteroatoms. The Morgan fingerprint density at radius 2 is 1.92 bits per heavy atom. The molecule has 0 saturated carbocycles. The Hall–Kier alpha value is -3.33. The zero-order valence-corrected chi connectivity index (χ0v) is 23.3. The number of carbonyl (C=O) groups excluding carboxylic acids is 1. The molecule has 1 N–H and O–H groups in total. The van der Waals surface area contributed by atoms with Crippen LogP contribution in [0.15, 0.2) is 36.5 Å². The van der Waals surface area contributed by atoms with Crippen LogP contribution in [0.5, 0.6) is 17.2 Å². The summed E-state index contributed by atoms with van der Waals surface area (Å²) in [5, 5.41) is 10.5. The molecule has 2 aromatic rings. The first kappa shape index (κ1) is 28.7. The lowest BCUT2D eigenvalue weighted by Gasteiger charge is -2.29. The van der Waals surface area contributed by atoms with Crippen molar-refractivity contribution in [3.63, 3.8) is 0 Å². The highest BCUT2D eigenvalue weighted by atomic mass is 16.7. The highest BCUT2D eigenvalue weighted by Gasteiger charge is 2.47. The molecule has 2 aliphatic rings. The van der Waals surface area contributed by atoms with Gasteiger partial charge in [-0.1, -0.05) is 32.8 Å². The van der Waals surface area contributed by atoms with Crippen molar-refractivity contribution in [1.82, 2.24) is 14.8 Å². The molecular weight excluding hydrogens is 498 g/mol. The van der Waals surface area contributed by atoms with Crippen molar-refractivity contribution in [2.75, 3.05) is 40.1 Å². The number of methoxy groups -OCH3 is 1. The van der Waals surface area contributed by atoms with Crippen molar-refractivity contribution in [2.24, 2.45) is 5.92 Å². The molecule has 9 nitrogen and oxygen atoms in total. The van der Waals surface area contributed by atoms with E-state index in [1.54, 1.807) is 13.3 Å². The van der Waals surface area contributed by atoms with E-state index in [2.05, 4.69) is 23.7 Å². The molecule has 1 saturated heterocycles. The van der Waals surface area contributed by atoms with Gasteiger partial charge in [-0.05, 0) is 55.5 Å². The van der Waals surface area contributed by atoms with Gasteiger partial charge in [-0.3, -0.25) is 19.5 Å². The van der Waals surface area contributed by atoms with E-state index in [4.69, 9.17) is 14.2 Å². The van der Waals surface area contributed by atoms with Crippen molar-refractivity contribution in [1.29, 1.82) is 0 Å². The van der Waals surface area contributed by atoms with Crippen molar-refractivity contribution in [2.45, 2.75) is 64.3 Å². The van der Waals surface area contributed by atoms with E-state index in [0.29, 0.717) is 36.6 Å². The summed E-state index contributed by atoms with van der Waals surface area (Å²) in [7, 11) is 1.56. The first-order chi connectivity index (χ1) is 19.0. The SMILES string of the molecule is CCCCN(CCCC)C(=O)CN1C[C@H](c2cc(OC)c3c(c2)OCO3)[C@@H](C(=O)O)[C@@H]1CCc1ccccn1. The zero-order chi connectivity index (χ0) is 27.8. The predicted molar refractivity (Wildman–Crippen MR) is 147 cm³/mol. The minimum absolute atomic E-state index is 0.0628. The maximum atomic E-state index is 13.6. The van der Waals surface area contributed by atoms with Gasteiger partial charge in [0.05, 0.1) is 19.6 Å². The van der Waals surface area contributed by atoms with Crippen molar-refractivity contribution >= 4 is 11.9 Å². The van der Waals surface area contributed by atoms with Gasteiger partial charge < -0.3 is 24.2 Å². The molecule has 0 radical (unpaired) electrons. The summed E-state index contributed by atoms with van der Waals surface area (Å²) in [6, 6.07) is 9.15. The van der Waals surface area contributed by atoms with Crippen LogP contribution < -0.4 is 14.2 Å². The van der Waals surface area contributed by atoms with E-state index >= 15 is 0 Å². The Morgan fingerprint density at radius 1 is 1.15 bits per heavy atom. The number of hydrogen-bond donors (Lipinski definition) is 1. The Labute approximate surface area is 231 Å². The number of ether oxygens (including phenoxy) is 3. The van der Waals surface area contributed by atoms with Crippen LogP contribution in [0.3, 0.4) is 0 Å². The average molecular weight is 540 g/mol. The first-order valence-corrected chi connectivity index (χ1v) is 14.1. The number of pyridine rings is 1. The molecule has 212 valence electrons. The fourth-order valence-corrected chi connectivity index (χ4v) is 5.73. The van der Waals surface area contributed by atoms with E-state index in [1.807, 2.05) is 35.2 Å². The molecular formula is C30H41N3O6. The highest BCUT2D eigenvalue weighted by Crippen LogP contribution is 2.47. The van der Waals surface area contributed by atoms with Crippen LogP contribution in [0.25, 0.3) is 0 Å². The number of aryl methyl sites for hydroxylation is 1. The van der Waals surface area contributed by atoms with Crippen molar-refractivity contribution in [3.05, 3.63) is 47.8 Å². The second-order valence-electron chi connectivity index (χ2n) is 10.4. The maximum absolute atomic E-state index is 13.6. The van der Waals surface area contributed by atoms with Gasteiger partial charge in [0, 0.05) is 43.5 Å². The summed E-state index contributed by atoms with van der Waals surface area (Å²) in [6.45, 7) is 6.45. The molecule has 1 aromatic heterocycles. The number of benzene rings is 1. The lowest BCUT2D eigenvalue weighted by molar-refractivity contribution is -0.143. The smallest absolute Gasteiger partial charge is 0.308 e. The number of carboxylic acids is 1. The maximum Gasteiger partial charge on any atom is 0.308 e. The summed E-state index contributed by atoms with van der Waals surface area (Å²) in [4.78, 5) is 34.9. The molecule has 0 aliphatic carbocycles. The Morgan fingerprint density at radius 3 is 2.56 bits per heavy atom. The van der Waals surface area contributed by atoms with Gasteiger partial charge in [0.1, 0.15) is 0 Å². The van der Waals surface area contributed by atoms with Gasteiger partial charge in [-0.15, -0.1) is 0 Å². The number of hydrogen-bond acceptors (Lipinski definition) is 7. The molecule has 4 rings (SSSR count). The highest BCUT2D eigenvalue weighted by molar-refractivity contribution is 5.79. The molecule has 1 amide bonds. The minimum atomic E-state index is -0.869. The second-order valence-corrected chi connectivity index (χ2v) is 10.4. The molecule has 3 atom stereocenters. The summed E-state index contributed by atoms with van der Waals surface area (Å²) in [5.41, 5.74) is 1.73. The number of carboxylic acid groups (broad SMARTS) is 1. The first-order valence-electron chi connectivity index (χ1n) is 14.1. The lowest BCUT2D eigenvalue weighted by Crippen LogP contribution is -2.44. The Bertz CT molecular complexity index is 1100. The summed E-state index contributed by atoms with van der Waals surface area (Å²) < 4.78 is 16.7. The summed E-state index contributed by atoms with van der Waals surface area (Å²) in [5.74, 6) is -0.239. The molecule has 1 fully saturated rings. The van der Waals surface area contributed by atoms with Gasteiger partial charge in [0.2, 0.25) is 18.4 Å². The third-order valence-corrected chi connectivity index (χ3v) is 7.82. The van der Waals surface area contributed by atoms with Crippen LogP contribution in [0.2, 0.25) is 0 Å². The molecule has 0 bridgehead atoms. The van der Waals surface area contributed by atoms with Crippen LogP contribution in [0.1, 0.15) is 63.1 Å². The van der Waals surface area contributed by atoms with Gasteiger partial charge in [-0.2, -0.15) is 0 Å². The van der Waals surface area contributed by atoms with Gasteiger partial charge >= 0.3 is 5.97 Å². The molecule has 0 unspecified atom stereocenters. The van der Waals surface area contributed by atoms with Crippen LogP contribution >= 0.6 is 0 Å². The summed E-state index contributed by atoms with van der Waals surface area (Å²) in [6.07, 6.45) is 6.91. The van der Waals surface area contributed by atoms with Crippen LogP contribution in [-0.4, -0.2) is 77.9 Å². The Balaban J connectivity index is 1.63. The second kappa shape index (κ2) is 13.6.